The van der Waals surface area contributed by atoms with Crippen LogP contribution in [0.5, 0.6) is 0 Å². The molecule has 1 aliphatic carbocycles. The molecule has 0 aromatic carbocycles. The number of nitrogens with zero attached hydrogens (tertiary/aromatic N) is 5. The topological polar surface area (TPSA) is 116 Å². The Labute approximate surface area is 122 Å². The largest absolute Gasteiger partial charge is 0.480 e. The van der Waals surface area contributed by atoms with Gasteiger partial charge in [0.1, 0.15) is 6.54 Å². The van der Waals surface area contributed by atoms with Crippen LogP contribution < -0.4 is 5.69 Å². The van der Waals surface area contributed by atoms with Crippen LogP contribution >= 0.6 is 0 Å². The molecule has 3 aromatic heterocycles. The molecule has 9 nitrogen and oxygen atoms in total. The Morgan fingerprint density at radius 1 is 1.41 bits per heavy atom. The second-order valence-corrected chi connectivity index (χ2v) is 5.21. The van der Waals surface area contributed by atoms with Crippen molar-refractivity contribution in [1.82, 2.24) is 24.3 Å². The summed E-state index contributed by atoms with van der Waals surface area (Å²) >= 11 is 0. The van der Waals surface area contributed by atoms with Gasteiger partial charge < -0.3 is 9.63 Å². The van der Waals surface area contributed by atoms with Gasteiger partial charge in [0, 0.05) is 12.1 Å². The van der Waals surface area contributed by atoms with Gasteiger partial charge in [-0.2, -0.15) is 4.98 Å². The molecule has 112 valence electrons. The van der Waals surface area contributed by atoms with E-state index in [2.05, 4.69) is 15.2 Å². The van der Waals surface area contributed by atoms with Crippen molar-refractivity contribution in [3.8, 4) is 11.5 Å². The molecular weight excluding hydrogens is 290 g/mol. The third-order valence-corrected chi connectivity index (χ3v) is 3.49. The molecule has 0 unspecified atom stereocenters. The summed E-state index contributed by atoms with van der Waals surface area (Å²) in [5, 5.41) is 16.6. The van der Waals surface area contributed by atoms with Gasteiger partial charge in [0.25, 0.3) is 5.89 Å². The van der Waals surface area contributed by atoms with Crippen molar-refractivity contribution in [1.29, 1.82) is 0 Å². The predicted octanol–water partition coefficient (Wildman–Crippen LogP) is 0.508. The summed E-state index contributed by atoms with van der Waals surface area (Å²) in [4.78, 5) is 27.1. The SMILES string of the molecule is O=C(O)Cn1nc2ccc(-c3nc(C4CC4)no3)cn2c1=O. The lowest BCUT2D eigenvalue weighted by atomic mass is 10.3. The van der Waals surface area contributed by atoms with Crippen LogP contribution in [-0.2, 0) is 11.3 Å². The fourth-order valence-electron chi connectivity index (χ4n) is 2.24. The molecule has 22 heavy (non-hydrogen) atoms. The van der Waals surface area contributed by atoms with Crippen LogP contribution in [-0.4, -0.2) is 35.4 Å². The number of carbonyl (C=O) groups is 1. The van der Waals surface area contributed by atoms with E-state index < -0.39 is 18.2 Å². The van der Waals surface area contributed by atoms with Crippen LogP contribution in [0, 0.1) is 0 Å². The van der Waals surface area contributed by atoms with Crippen LogP contribution in [0.25, 0.3) is 17.1 Å². The Hall–Kier alpha value is -2.97. The highest BCUT2D eigenvalue weighted by Gasteiger charge is 2.29. The molecule has 1 fully saturated rings. The van der Waals surface area contributed by atoms with Gasteiger partial charge in [0.15, 0.2) is 11.5 Å². The molecule has 0 aliphatic heterocycles. The number of hydrogen-bond donors (Lipinski definition) is 1. The Morgan fingerprint density at radius 3 is 2.95 bits per heavy atom. The predicted molar refractivity (Wildman–Crippen MR) is 72.4 cm³/mol. The van der Waals surface area contributed by atoms with Crippen molar-refractivity contribution in [3.05, 3.63) is 34.6 Å². The third-order valence-electron chi connectivity index (χ3n) is 3.49. The number of carboxylic acid groups (broad SMARTS) is 1. The van der Waals surface area contributed by atoms with E-state index in [0.717, 1.165) is 17.5 Å². The van der Waals surface area contributed by atoms with Crippen molar-refractivity contribution in [2.45, 2.75) is 25.3 Å². The number of hydrogen-bond acceptors (Lipinski definition) is 6. The van der Waals surface area contributed by atoms with Gasteiger partial charge in [-0.1, -0.05) is 5.16 Å². The first-order chi connectivity index (χ1) is 10.6. The number of fused-ring (bicyclic) bond motifs is 1. The minimum Gasteiger partial charge on any atom is -0.480 e. The van der Waals surface area contributed by atoms with E-state index in [4.69, 9.17) is 9.63 Å². The number of carboxylic acids is 1. The second kappa shape index (κ2) is 4.52. The fourth-order valence-corrected chi connectivity index (χ4v) is 2.24. The Balaban J connectivity index is 1.77. The summed E-state index contributed by atoms with van der Waals surface area (Å²) < 4.78 is 7.37. The van der Waals surface area contributed by atoms with Crippen LogP contribution in [0.4, 0.5) is 0 Å². The number of aliphatic carboxylic acids is 1. The highest BCUT2D eigenvalue weighted by atomic mass is 16.5. The van der Waals surface area contributed by atoms with Crippen LogP contribution in [0.2, 0.25) is 0 Å². The van der Waals surface area contributed by atoms with Gasteiger partial charge in [-0.3, -0.25) is 4.79 Å². The van der Waals surface area contributed by atoms with Crippen molar-refractivity contribution >= 4 is 11.6 Å². The van der Waals surface area contributed by atoms with E-state index >= 15 is 0 Å². The van der Waals surface area contributed by atoms with Gasteiger partial charge in [-0.05, 0) is 25.0 Å². The van der Waals surface area contributed by atoms with Crippen LogP contribution in [0.3, 0.4) is 0 Å². The van der Waals surface area contributed by atoms with Gasteiger partial charge >= 0.3 is 11.7 Å². The lowest BCUT2D eigenvalue weighted by molar-refractivity contribution is -0.137. The van der Waals surface area contributed by atoms with Gasteiger partial charge in [0.2, 0.25) is 0 Å². The first kappa shape index (κ1) is 12.7. The van der Waals surface area contributed by atoms with E-state index in [0.29, 0.717) is 28.8 Å². The number of aromatic nitrogens is 5. The van der Waals surface area contributed by atoms with E-state index in [1.165, 1.54) is 10.6 Å². The first-order valence-electron chi connectivity index (χ1n) is 6.77. The van der Waals surface area contributed by atoms with Gasteiger partial charge in [-0.25, -0.2) is 13.9 Å². The maximum atomic E-state index is 12.1. The highest BCUT2D eigenvalue weighted by Crippen LogP contribution is 2.38. The van der Waals surface area contributed by atoms with Gasteiger partial charge in [0.05, 0.1) is 5.56 Å². The molecule has 0 amide bonds. The van der Waals surface area contributed by atoms with Crippen molar-refractivity contribution in [2.24, 2.45) is 0 Å². The molecule has 0 bridgehead atoms. The normalized spacial score (nSPS) is 14.5. The number of pyridine rings is 1. The second-order valence-electron chi connectivity index (χ2n) is 5.21. The summed E-state index contributed by atoms with van der Waals surface area (Å²) in [5.41, 5.74) is 0.419. The molecule has 0 radical (unpaired) electrons. The molecule has 9 heteroatoms. The monoisotopic (exact) mass is 301 g/mol. The molecule has 3 aromatic rings. The molecule has 0 atom stereocenters. The Bertz CT molecular complexity index is 933. The van der Waals surface area contributed by atoms with Crippen LogP contribution in [0.1, 0.15) is 24.6 Å². The zero-order chi connectivity index (χ0) is 15.3. The summed E-state index contributed by atoms with van der Waals surface area (Å²) in [5.74, 6) is 0.268. The Kier molecular flexibility index (Phi) is 2.62. The molecule has 1 aliphatic rings. The molecule has 0 spiro atoms. The zero-order valence-corrected chi connectivity index (χ0v) is 11.3. The first-order valence-corrected chi connectivity index (χ1v) is 6.77. The smallest absolute Gasteiger partial charge is 0.350 e. The molecule has 3 heterocycles. The van der Waals surface area contributed by atoms with E-state index in [1.54, 1.807) is 12.1 Å². The maximum absolute atomic E-state index is 12.1. The average molecular weight is 301 g/mol. The molecule has 4 rings (SSSR count). The summed E-state index contributed by atoms with van der Waals surface area (Å²) in [7, 11) is 0. The lowest BCUT2D eigenvalue weighted by Gasteiger charge is -1.94. The van der Waals surface area contributed by atoms with E-state index in [-0.39, 0.29) is 0 Å². The van der Waals surface area contributed by atoms with Crippen molar-refractivity contribution in [3.63, 3.8) is 0 Å². The molecule has 0 saturated heterocycles. The van der Waals surface area contributed by atoms with E-state index in [1.807, 2.05) is 0 Å². The van der Waals surface area contributed by atoms with Crippen molar-refractivity contribution in [2.75, 3.05) is 0 Å². The average Bonchev–Trinajstić information content (AvgIpc) is 3.15. The molecular formula is C13H11N5O4. The number of rotatable bonds is 4. The standard InChI is InChI=1S/C13H11N5O4/c19-10(20)6-18-13(21)17-5-8(3-4-9(17)15-18)12-14-11(16-22-12)7-1-2-7/h3-5,7H,1-2,6H2,(H,19,20). The minimum atomic E-state index is -1.13. The summed E-state index contributed by atoms with van der Waals surface area (Å²) in [6.45, 7) is -0.484. The third kappa shape index (κ3) is 2.07. The van der Waals surface area contributed by atoms with Crippen LogP contribution in [0.15, 0.2) is 27.6 Å². The zero-order valence-electron chi connectivity index (χ0n) is 11.3. The molecule has 1 N–H and O–H groups in total. The van der Waals surface area contributed by atoms with E-state index in [9.17, 15) is 9.59 Å². The van der Waals surface area contributed by atoms with Gasteiger partial charge in [-0.15, -0.1) is 5.10 Å². The fraction of sp³-hybridized carbons (Fsp3) is 0.308. The van der Waals surface area contributed by atoms with Crippen molar-refractivity contribution < 1.29 is 14.4 Å². The lowest BCUT2D eigenvalue weighted by Crippen LogP contribution is -2.24. The maximum Gasteiger partial charge on any atom is 0.350 e. The minimum absolute atomic E-state index is 0.335. The summed E-state index contributed by atoms with van der Waals surface area (Å²) in [6, 6.07) is 3.31. The molecule has 1 saturated carbocycles. The quantitative estimate of drug-likeness (QED) is 0.746. The highest BCUT2D eigenvalue weighted by molar-refractivity contribution is 5.66. The summed E-state index contributed by atoms with van der Waals surface area (Å²) in [6.07, 6.45) is 3.66. The Morgan fingerprint density at radius 2 is 2.23 bits per heavy atom.